The van der Waals surface area contributed by atoms with Gasteiger partial charge in [-0.1, -0.05) is 19.3 Å². The Morgan fingerprint density at radius 1 is 1.05 bits per heavy atom. The van der Waals surface area contributed by atoms with Gasteiger partial charge in [-0.3, -0.25) is 4.90 Å². The van der Waals surface area contributed by atoms with Crippen molar-refractivity contribution in [2.24, 2.45) is 0 Å². The molecule has 0 radical (unpaired) electrons. The van der Waals surface area contributed by atoms with Crippen molar-refractivity contribution >= 4 is 9.84 Å². The average Bonchev–Trinajstić information content (AvgIpc) is 2.88. The molecule has 0 amide bonds. The molecule has 5 heteroatoms. The molecule has 2 unspecified atom stereocenters. The Bertz CT molecular complexity index is 376. The highest BCUT2D eigenvalue weighted by Crippen LogP contribution is 2.32. The lowest BCUT2D eigenvalue weighted by molar-refractivity contribution is 0.0832. The zero-order chi connectivity index (χ0) is 13.9. The summed E-state index contributed by atoms with van der Waals surface area (Å²) in [6.07, 6.45) is 9.98. The molecule has 2 aliphatic carbocycles. The molecule has 19 heavy (non-hydrogen) atoms. The van der Waals surface area contributed by atoms with Crippen molar-refractivity contribution in [1.82, 2.24) is 4.90 Å². The number of aliphatic hydroxyl groups excluding tert-OH is 1. The molecule has 4 nitrogen and oxygen atoms in total. The highest BCUT2D eigenvalue weighted by atomic mass is 32.2. The molecule has 0 heterocycles. The van der Waals surface area contributed by atoms with Crippen LogP contribution < -0.4 is 0 Å². The summed E-state index contributed by atoms with van der Waals surface area (Å²) in [5.74, 6) is 0. The Hall–Kier alpha value is -0.130. The Morgan fingerprint density at radius 2 is 1.68 bits per heavy atom. The molecule has 2 saturated carbocycles. The Labute approximate surface area is 117 Å². The number of aliphatic hydroxyl groups is 1. The van der Waals surface area contributed by atoms with Crippen molar-refractivity contribution in [2.75, 3.05) is 19.4 Å². The first kappa shape index (κ1) is 15.3. The van der Waals surface area contributed by atoms with Crippen molar-refractivity contribution in [3.05, 3.63) is 0 Å². The van der Waals surface area contributed by atoms with Gasteiger partial charge in [-0.2, -0.15) is 0 Å². The summed E-state index contributed by atoms with van der Waals surface area (Å²) in [4.78, 5) is 2.41. The normalized spacial score (nSPS) is 30.1. The van der Waals surface area contributed by atoms with Crippen LogP contribution in [-0.4, -0.2) is 55.2 Å². The molecule has 2 fully saturated rings. The van der Waals surface area contributed by atoms with Crippen LogP contribution in [0.3, 0.4) is 0 Å². The van der Waals surface area contributed by atoms with Crippen LogP contribution in [0.1, 0.15) is 51.4 Å². The Kier molecular flexibility index (Phi) is 5.26. The lowest BCUT2D eigenvalue weighted by atomic mass is 9.92. The second-order valence-electron chi connectivity index (χ2n) is 6.17. The number of hydrogen-bond acceptors (Lipinski definition) is 4. The molecule has 0 spiro atoms. The van der Waals surface area contributed by atoms with Crippen molar-refractivity contribution in [3.63, 3.8) is 0 Å². The standard InChI is InChI=1S/C14H27NO3S/c1-19(17,18)14-8-4-7-13(11-14)15(9-10-16)12-5-2-3-6-12/h12-14,16H,2-11H2,1H3. The van der Waals surface area contributed by atoms with E-state index in [1.165, 1.54) is 31.9 Å². The molecular formula is C14H27NO3S. The molecule has 0 aliphatic heterocycles. The van der Waals surface area contributed by atoms with Gasteiger partial charge < -0.3 is 5.11 Å². The smallest absolute Gasteiger partial charge is 0.150 e. The molecule has 0 bridgehead atoms. The maximum Gasteiger partial charge on any atom is 0.150 e. The lowest BCUT2D eigenvalue weighted by Crippen LogP contribution is -2.47. The summed E-state index contributed by atoms with van der Waals surface area (Å²) in [5, 5.41) is 9.12. The van der Waals surface area contributed by atoms with Crippen LogP contribution in [0.15, 0.2) is 0 Å². The van der Waals surface area contributed by atoms with Gasteiger partial charge in [0.05, 0.1) is 11.9 Å². The van der Waals surface area contributed by atoms with Gasteiger partial charge in [0.25, 0.3) is 0 Å². The summed E-state index contributed by atoms with van der Waals surface area (Å²) in [6, 6.07) is 0.916. The molecule has 2 atom stereocenters. The molecule has 112 valence electrons. The zero-order valence-electron chi connectivity index (χ0n) is 11.9. The van der Waals surface area contributed by atoms with E-state index in [0.717, 1.165) is 25.7 Å². The summed E-state index contributed by atoms with van der Waals surface area (Å²) in [7, 11) is -2.92. The summed E-state index contributed by atoms with van der Waals surface area (Å²) in [6.45, 7) is 0.877. The van der Waals surface area contributed by atoms with E-state index in [1.54, 1.807) is 0 Å². The Balaban J connectivity index is 2.04. The van der Waals surface area contributed by atoms with Crippen molar-refractivity contribution in [2.45, 2.75) is 68.7 Å². The zero-order valence-corrected chi connectivity index (χ0v) is 12.7. The molecule has 2 aliphatic rings. The molecular weight excluding hydrogens is 262 g/mol. The fraction of sp³-hybridized carbons (Fsp3) is 1.00. The van der Waals surface area contributed by atoms with E-state index in [4.69, 9.17) is 0 Å². The maximum absolute atomic E-state index is 11.8. The quantitative estimate of drug-likeness (QED) is 0.835. The van der Waals surface area contributed by atoms with E-state index in [2.05, 4.69) is 4.90 Å². The molecule has 0 aromatic carbocycles. The van der Waals surface area contributed by atoms with Gasteiger partial charge in [-0.15, -0.1) is 0 Å². The molecule has 0 aromatic rings. The van der Waals surface area contributed by atoms with E-state index < -0.39 is 9.84 Å². The van der Waals surface area contributed by atoms with Crippen molar-refractivity contribution in [3.8, 4) is 0 Å². The first-order chi connectivity index (χ1) is 9.02. The van der Waals surface area contributed by atoms with Gasteiger partial charge in [0, 0.05) is 24.9 Å². The van der Waals surface area contributed by atoms with Crippen LogP contribution in [0.5, 0.6) is 0 Å². The van der Waals surface area contributed by atoms with Gasteiger partial charge in [-0.25, -0.2) is 8.42 Å². The molecule has 2 rings (SSSR count). The van der Waals surface area contributed by atoms with E-state index in [9.17, 15) is 13.5 Å². The SMILES string of the molecule is CS(=O)(=O)C1CCCC(N(CCO)C2CCCC2)C1. The first-order valence-corrected chi connectivity index (χ1v) is 9.53. The fourth-order valence-electron chi connectivity index (χ4n) is 3.83. The minimum atomic E-state index is -2.92. The van der Waals surface area contributed by atoms with Gasteiger partial charge in [0.15, 0.2) is 0 Å². The number of sulfone groups is 1. The van der Waals surface area contributed by atoms with E-state index in [-0.39, 0.29) is 11.9 Å². The highest BCUT2D eigenvalue weighted by Gasteiger charge is 2.35. The summed E-state index contributed by atoms with van der Waals surface area (Å²) < 4.78 is 23.5. The van der Waals surface area contributed by atoms with Gasteiger partial charge in [-0.05, 0) is 32.1 Å². The minimum Gasteiger partial charge on any atom is -0.395 e. The van der Waals surface area contributed by atoms with Crippen LogP contribution in [0.2, 0.25) is 0 Å². The third kappa shape index (κ3) is 3.92. The summed E-state index contributed by atoms with van der Waals surface area (Å²) in [5.41, 5.74) is 0. The molecule has 0 saturated heterocycles. The molecule has 1 N–H and O–H groups in total. The van der Waals surface area contributed by atoms with Crippen LogP contribution in [0, 0.1) is 0 Å². The lowest BCUT2D eigenvalue weighted by Gasteiger charge is -2.40. The Morgan fingerprint density at radius 3 is 2.26 bits per heavy atom. The van der Waals surface area contributed by atoms with Gasteiger partial charge in [0.1, 0.15) is 9.84 Å². The van der Waals surface area contributed by atoms with Crippen LogP contribution in [-0.2, 0) is 9.84 Å². The predicted molar refractivity (Wildman–Crippen MR) is 76.9 cm³/mol. The maximum atomic E-state index is 11.8. The van der Waals surface area contributed by atoms with Crippen LogP contribution in [0.4, 0.5) is 0 Å². The monoisotopic (exact) mass is 289 g/mol. The number of rotatable bonds is 5. The van der Waals surface area contributed by atoms with Crippen LogP contribution >= 0.6 is 0 Å². The second-order valence-corrected chi connectivity index (χ2v) is 8.50. The minimum absolute atomic E-state index is 0.172. The van der Waals surface area contributed by atoms with Crippen molar-refractivity contribution in [1.29, 1.82) is 0 Å². The third-order valence-corrected chi connectivity index (χ3v) is 6.46. The fourth-order valence-corrected chi connectivity index (χ4v) is 4.99. The van der Waals surface area contributed by atoms with E-state index in [1.807, 2.05) is 0 Å². The third-order valence-electron chi connectivity index (χ3n) is 4.82. The number of hydrogen-bond donors (Lipinski definition) is 1. The largest absolute Gasteiger partial charge is 0.395 e. The average molecular weight is 289 g/mol. The van der Waals surface area contributed by atoms with E-state index >= 15 is 0 Å². The summed E-state index contributed by atoms with van der Waals surface area (Å²) >= 11 is 0. The topological polar surface area (TPSA) is 57.6 Å². The first-order valence-electron chi connectivity index (χ1n) is 7.58. The van der Waals surface area contributed by atoms with Crippen molar-refractivity contribution < 1.29 is 13.5 Å². The van der Waals surface area contributed by atoms with Crippen LogP contribution in [0.25, 0.3) is 0 Å². The van der Waals surface area contributed by atoms with E-state index in [0.29, 0.717) is 18.6 Å². The number of nitrogens with zero attached hydrogens (tertiary/aromatic N) is 1. The molecule has 0 aromatic heterocycles. The van der Waals surface area contributed by atoms with Gasteiger partial charge in [0.2, 0.25) is 0 Å². The van der Waals surface area contributed by atoms with Gasteiger partial charge >= 0.3 is 0 Å². The highest BCUT2D eigenvalue weighted by molar-refractivity contribution is 7.91. The second kappa shape index (κ2) is 6.55. The predicted octanol–water partition coefficient (Wildman–Crippen LogP) is 1.58.